The van der Waals surface area contributed by atoms with E-state index in [2.05, 4.69) is 10.3 Å². The van der Waals surface area contributed by atoms with E-state index in [1.807, 2.05) is 38.2 Å². The third-order valence-electron chi connectivity index (χ3n) is 3.82. The molecule has 0 spiro atoms. The molecule has 0 radical (unpaired) electrons. The van der Waals surface area contributed by atoms with E-state index in [9.17, 15) is 4.79 Å². The Hall–Kier alpha value is -2.07. The van der Waals surface area contributed by atoms with Crippen LogP contribution in [0.3, 0.4) is 0 Å². The molecule has 2 atom stereocenters. The van der Waals surface area contributed by atoms with Gasteiger partial charge in [0.2, 0.25) is 5.91 Å². The lowest BCUT2D eigenvalue weighted by Crippen LogP contribution is -2.16. The normalized spacial score (nSPS) is 19.5. The minimum atomic E-state index is -0.0231. The molecule has 2 aromatic rings. The summed E-state index contributed by atoms with van der Waals surface area (Å²) in [6, 6.07) is 9.27. The lowest BCUT2D eigenvalue weighted by atomic mass is 10.1. The average molecular weight is 331 g/mol. The molecular formula is C18H19ClN2O2. The number of carbonyl (C=O) groups is 1. The minimum absolute atomic E-state index is 0.00488. The second-order valence-corrected chi connectivity index (χ2v) is 6.41. The van der Waals surface area contributed by atoms with Gasteiger partial charge in [-0.05, 0) is 49.9 Å². The fourth-order valence-electron chi connectivity index (χ4n) is 2.64. The SMILES string of the molecule is CC(C)Oc1c(Cl)cccc1NC(=O)[C@@H]1C[C@H]1c1cccnc1. The highest BCUT2D eigenvalue weighted by Crippen LogP contribution is 2.48. The molecule has 1 heterocycles. The van der Waals surface area contributed by atoms with Gasteiger partial charge in [0.15, 0.2) is 5.75 Å². The number of nitrogens with one attached hydrogen (secondary N) is 1. The first-order chi connectivity index (χ1) is 11.1. The summed E-state index contributed by atoms with van der Waals surface area (Å²) in [5.74, 6) is 0.744. The number of para-hydroxylation sites is 1. The van der Waals surface area contributed by atoms with Crippen LogP contribution in [-0.2, 0) is 4.79 Å². The average Bonchev–Trinajstić information content (AvgIpc) is 3.32. The molecular weight excluding hydrogens is 312 g/mol. The molecule has 1 fully saturated rings. The molecule has 120 valence electrons. The van der Waals surface area contributed by atoms with Gasteiger partial charge in [-0.2, -0.15) is 0 Å². The second kappa shape index (κ2) is 6.59. The number of rotatable bonds is 5. The standard InChI is InChI=1S/C18H19ClN2O2/c1-11(2)23-17-15(19)6-3-7-16(17)21-18(22)14-9-13(14)12-5-4-8-20-10-12/h3-8,10-11,13-14H,9H2,1-2H3,(H,21,22)/t13-,14+/m0/s1. The number of halogens is 1. The van der Waals surface area contributed by atoms with Gasteiger partial charge in [-0.3, -0.25) is 9.78 Å². The van der Waals surface area contributed by atoms with Gasteiger partial charge in [-0.15, -0.1) is 0 Å². The lowest BCUT2D eigenvalue weighted by molar-refractivity contribution is -0.117. The van der Waals surface area contributed by atoms with E-state index in [4.69, 9.17) is 16.3 Å². The summed E-state index contributed by atoms with van der Waals surface area (Å²) in [5.41, 5.74) is 1.73. The summed E-state index contributed by atoms with van der Waals surface area (Å²) in [5, 5.41) is 3.45. The van der Waals surface area contributed by atoms with Crippen LogP contribution in [0.5, 0.6) is 5.75 Å². The fraction of sp³-hybridized carbons (Fsp3) is 0.333. The summed E-state index contributed by atoms with van der Waals surface area (Å²) in [4.78, 5) is 16.6. The zero-order valence-electron chi connectivity index (χ0n) is 13.1. The molecule has 1 aliphatic rings. The maximum Gasteiger partial charge on any atom is 0.228 e. The van der Waals surface area contributed by atoms with Crippen LogP contribution in [-0.4, -0.2) is 17.0 Å². The molecule has 4 nitrogen and oxygen atoms in total. The van der Waals surface area contributed by atoms with E-state index in [1.54, 1.807) is 18.3 Å². The molecule has 0 bridgehead atoms. The van der Waals surface area contributed by atoms with Gasteiger partial charge in [-0.25, -0.2) is 0 Å². The third kappa shape index (κ3) is 3.64. The monoisotopic (exact) mass is 330 g/mol. The van der Waals surface area contributed by atoms with Gasteiger partial charge in [0.05, 0.1) is 16.8 Å². The Morgan fingerprint density at radius 3 is 2.87 bits per heavy atom. The van der Waals surface area contributed by atoms with Crippen LogP contribution in [0.15, 0.2) is 42.7 Å². The summed E-state index contributed by atoms with van der Waals surface area (Å²) >= 11 is 6.19. The van der Waals surface area contributed by atoms with E-state index in [1.165, 1.54) is 0 Å². The fourth-order valence-corrected chi connectivity index (χ4v) is 2.86. The molecule has 3 rings (SSSR count). The second-order valence-electron chi connectivity index (χ2n) is 6.01. The highest BCUT2D eigenvalue weighted by molar-refractivity contribution is 6.32. The topological polar surface area (TPSA) is 51.2 Å². The van der Waals surface area contributed by atoms with E-state index >= 15 is 0 Å². The molecule has 0 unspecified atom stereocenters. The molecule has 23 heavy (non-hydrogen) atoms. The molecule has 1 saturated carbocycles. The molecule has 1 aromatic carbocycles. The third-order valence-corrected chi connectivity index (χ3v) is 4.12. The lowest BCUT2D eigenvalue weighted by Gasteiger charge is -2.16. The number of hydrogen-bond acceptors (Lipinski definition) is 3. The predicted octanol–water partition coefficient (Wildman–Crippen LogP) is 4.26. The van der Waals surface area contributed by atoms with Gasteiger partial charge in [0.25, 0.3) is 0 Å². The van der Waals surface area contributed by atoms with Crippen molar-refractivity contribution in [3.8, 4) is 5.75 Å². The smallest absolute Gasteiger partial charge is 0.228 e. The predicted molar refractivity (Wildman–Crippen MR) is 90.9 cm³/mol. The summed E-state index contributed by atoms with van der Waals surface area (Å²) in [6.07, 6.45) is 4.39. The van der Waals surface area contributed by atoms with Crippen LogP contribution < -0.4 is 10.1 Å². The number of hydrogen-bond donors (Lipinski definition) is 1. The largest absolute Gasteiger partial charge is 0.487 e. The van der Waals surface area contributed by atoms with Crippen molar-refractivity contribution < 1.29 is 9.53 Å². The number of amides is 1. The van der Waals surface area contributed by atoms with Crippen molar-refractivity contribution in [1.82, 2.24) is 4.98 Å². The summed E-state index contributed by atoms with van der Waals surface area (Å²) < 4.78 is 5.73. The Kier molecular flexibility index (Phi) is 4.53. The van der Waals surface area contributed by atoms with Crippen LogP contribution in [0.4, 0.5) is 5.69 Å². The van der Waals surface area contributed by atoms with Crippen LogP contribution in [0.2, 0.25) is 5.02 Å². The number of ether oxygens (including phenoxy) is 1. The van der Waals surface area contributed by atoms with Crippen LogP contribution in [0.25, 0.3) is 0 Å². The number of aromatic nitrogens is 1. The maximum absolute atomic E-state index is 12.5. The van der Waals surface area contributed by atoms with Gasteiger partial charge in [0, 0.05) is 18.3 Å². The Morgan fingerprint density at radius 1 is 1.35 bits per heavy atom. The zero-order valence-corrected chi connectivity index (χ0v) is 13.9. The van der Waals surface area contributed by atoms with Gasteiger partial charge in [0.1, 0.15) is 0 Å². The molecule has 0 aliphatic heterocycles. The number of nitrogens with zero attached hydrogens (tertiary/aromatic N) is 1. The first kappa shape index (κ1) is 15.8. The minimum Gasteiger partial charge on any atom is -0.487 e. The van der Waals surface area contributed by atoms with Crippen molar-refractivity contribution in [2.45, 2.75) is 32.3 Å². The molecule has 5 heteroatoms. The van der Waals surface area contributed by atoms with Crippen molar-refractivity contribution in [2.75, 3.05) is 5.32 Å². The molecule has 1 N–H and O–H groups in total. The first-order valence-electron chi connectivity index (χ1n) is 7.72. The van der Waals surface area contributed by atoms with Crippen molar-refractivity contribution in [1.29, 1.82) is 0 Å². The molecule has 1 amide bonds. The highest BCUT2D eigenvalue weighted by atomic mass is 35.5. The Balaban J connectivity index is 1.71. The van der Waals surface area contributed by atoms with Crippen LogP contribution >= 0.6 is 11.6 Å². The van der Waals surface area contributed by atoms with E-state index in [-0.39, 0.29) is 23.8 Å². The zero-order chi connectivity index (χ0) is 16.4. The Bertz CT molecular complexity index is 703. The number of benzene rings is 1. The number of anilines is 1. The van der Waals surface area contributed by atoms with Gasteiger partial charge >= 0.3 is 0 Å². The van der Waals surface area contributed by atoms with Crippen molar-refractivity contribution in [3.63, 3.8) is 0 Å². The number of pyridine rings is 1. The highest BCUT2D eigenvalue weighted by Gasteiger charge is 2.44. The summed E-state index contributed by atoms with van der Waals surface area (Å²) in [6.45, 7) is 3.85. The van der Waals surface area contributed by atoms with Crippen LogP contribution in [0, 0.1) is 5.92 Å². The maximum atomic E-state index is 12.5. The van der Waals surface area contributed by atoms with E-state index in [0.29, 0.717) is 16.5 Å². The molecule has 1 aromatic heterocycles. The first-order valence-corrected chi connectivity index (χ1v) is 8.10. The van der Waals surface area contributed by atoms with Crippen molar-refractivity contribution in [3.05, 3.63) is 53.3 Å². The molecule has 1 aliphatic carbocycles. The molecule has 0 saturated heterocycles. The van der Waals surface area contributed by atoms with Crippen LogP contribution in [0.1, 0.15) is 31.7 Å². The number of carbonyl (C=O) groups excluding carboxylic acids is 1. The summed E-state index contributed by atoms with van der Waals surface area (Å²) in [7, 11) is 0. The quantitative estimate of drug-likeness (QED) is 0.891. The van der Waals surface area contributed by atoms with E-state index < -0.39 is 0 Å². The van der Waals surface area contributed by atoms with Crippen molar-refractivity contribution in [2.24, 2.45) is 5.92 Å². The Morgan fingerprint density at radius 2 is 2.17 bits per heavy atom. The van der Waals surface area contributed by atoms with Gasteiger partial charge < -0.3 is 10.1 Å². The van der Waals surface area contributed by atoms with Gasteiger partial charge in [-0.1, -0.05) is 23.7 Å². The van der Waals surface area contributed by atoms with E-state index in [0.717, 1.165) is 12.0 Å². The van der Waals surface area contributed by atoms with Crippen molar-refractivity contribution >= 4 is 23.2 Å². The Labute approximate surface area is 140 Å².